The maximum Gasteiger partial charge on any atom is 0.288 e. The highest BCUT2D eigenvalue weighted by Gasteiger charge is 2.29. The van der Waals surface area contributed by atoms with Gasteiger partial charge >= 0.3 is 0 Å². The van der Waals surface area contributed by atoms with Gasteiger partial charge in [0.05, 0.1) is 15.2 Å². The van der Waals surface area contributed by atoms with Crippen LogP contribution in [0.2, 0.25) is 0 Å². The van der Waals surface area contributed by atoms with Gasteiger partial charge in [0.15, 0.2) is 9.35 Å². The highest BCUT2D eigenvalue weighted by molar-refractivity contribution is 8.00. The van der Waals surface area contributed by atoms with Crippen LogP contribution in [-0.4, -0.2) is 35.9 Å². The first-order valence-electron chi connectivity index (χ1n) is 7.83. The van der Waals surface area contributed by atoms with Crippen molar-refractivity contribution >= 4 is 49.7 Å². The molecule has 1 amide bonds. The summed E-state index contributed by atoms with van der Waals surface area (Å²) in [5.41, 5.74) is 5.92. The highest BCUT2D eigenvalue weighted by atomic mass is 32.2. The number of carbonyl (C=O) groups excluding carboxylic acids is 1. The van der Waals surface area contributed by atoms with Crippen molar-refractivity contribution in [1.82, 2.24) is 15.4 Å². The second-order valence-electron chi connectivity index (χ2n) is 5.60. The lowest BCUT2D eigenvalue weighted by molar-refractivity contribution is 0.0967. The van der Waals surface area contributed by atoms with Crippen LogP contribution in [0.15, 0.2) is 61.1 Å². The second-order valence-corrected chi connectivity index (χ2v) is 9.55. The smallest absolute Gasteiger partial charge is 0.288 e. The molecule has 2 aromatic carbocycles. The number of carbonyl (C=O) groups is 1. The van der Waals surface area contributed by atoms with Crippen LogP contribution in [0.5, 0.6) is 0 Å². The van der Waals surface area contributed by atoms with Crippen LogP contribution in [-0.2, 0) is 9.84 Å². The Hall–Kier alpha value is -2.76. The maximum atomic E-state index is 13.3. The molecule has 4 rings (SSSR count). The number of hydrogen-bond donors (Lipinski definition) is 1. The fraction of sp³-hybridized carbons (Fsp3) is 0.0588. The van der Waals surface area contributed by atoms with Gasteiger partial charge in [-0.1, -0.05) is 46.5 Å². The van der Waals surface area contributed by atoms with Crippen LogP contribution >= 0.6 is 23.1 Å². The van der Waals surface area contributed by atoms with Crippen LogP contribution in [0.1, 0.15) is 10.6 Å². The number of nitrogens with zero attached hydrogens (tertiary/aromatic N) is 3. The predicted molar refractivity (Wildman–Crippen MR) is 105 cm³/mol. The molecule has 0 aliphatic heterocycles. The number of nitrogens with two attached hydrogens (primary N) is 1. The molecule has 11 heteroatoms. The van der Waals surface area contributed by atoms with Gasteiger partial charge in [-0.15, -0.1) is 10.2 Å². The fourth-order valence-corrected chi connectivity index (χ4v) is 5.63. The van der Waals surface area contributed by atoms with Crippen molar-refractivity contribution in [2.24, 2.45) is 5.73 Å². The average Bonchev–Trinajstić information content (AvgIpc) is 3.34. The Labute approximate surface area is 167 Å². The zero-order chi connectivity index (χ0) is 19.9. The Bertz CT molecular complexity index is 1300. The second kappa shape index (κ2) is 7.00. The quantitative estimate of drug-likeness (QED) is 0.477. The van der Waals surface area contributed by atoms with Gasteiger partial charge in [0.1, 0.15) is 5.52 Å². The van der Waals surface area contributed by atoms with Gasteiger partial charge < -0.3 is 10.3 Å². The van der Waals surface area contributed by atoms with Crippen LogP contribution < -0.4 is 5.73 Å². The van der Waals surface area contributed by atoms with Crippen molar-refractivity contribution < 1.29 is 17.7 Å². The van der Waals surface area contributed by atoms with E-state index in [-0.39, 0.29) is 26.5 Å². The van der Waals surface area contributed by atoms with Crippen LogP contribution in [0.4, 0.5) is 0 Å². The lowest BCUT2D eigenvalue weighted by Gasteiger charge is -2.10. The van der Waals surface area contributed by atoms with Gasteiger partial charge in [-0.2, -0.15) is 0 Å². The highest BCUT2D eigenvalue weighted by Crippen LogP contribution is 2.40. The Morgan fingerprint density at radius 3 is 2.54 bits per heavy atom. The molecule has 0 aliphatic rings. The van der Waals surface area contributed by atoms with Crippen molar-refractivity contribution in [1.29, 1.82) is 0 Å². The molecule has 8 nitrogen and oxygen atoms in total. The van der Waals surface area contributed by atoms with E-state index in [1.54, 1.807) is 18.2 Å². The van der Waals surface area contributed by atoms with Crippen molar-refractivity contribution in [3.63, 3.8) is 0 Å². The van der Waals surface area contributed by atoms with Crippen molar-refractivity contribution in [2.45, 2.75) is 14.1 Å². The number of benzene rings is 2. The number of rotatable bonds is 5. The zero-order valence-electron chi connectivity index (χ0n) is 14.3. The van der Waals surface area contributed by atoms with Crippen LogP contribution in [0, 0.1) is 0 Å². The molecular weight excluding hydrogens is 420 g/mol. The molecule has 0 spiro atoms. The summed E-state index contributed by atoms with van der Waals surface area (Å²) in [6.07, 6.45) is 1.83. The summed E-state index contributed by atoms with van der Waals surface area (Å²) in [6.45, 7) is 0. The molecule has 0 atom stereocenters. The molecule has 0 fully saturated rings. The third-order valence-corrected chi connectivity index (χ3v) is 7.70. The van der Waals surface area contributed by atoms with Crippen molar-refractivity contribution in [3.05, 3.63) is 48.2 Å². The van der Waals surface area contributed by atoms with Gasteiger partial charge in [0, 0.05) is 5.56 Å². The predicted octanol–water partition coefficient (Wildman–Crippen LogP) is 3.00. The molecule has 142 valence electrons. The minimum Gasteiger partial charge on any atom is -0.363 e. The molecule has 28 heavy (non-hydrogen) atoms. The first kappa shape index (κ1) is 18.6. The van der Waals surface area contributed by atoms with Gasteiger partial charge in [0.2, 0.25) is 15.6 Å². The summed E-state index contributed by atoms with van der Waals surface area (Å²) in [5, 5.41) is 12.5. The molecule has 0 unspecified atom stereocenters. The number of aromatic nitrogens is 3. The van der Waals surface area contributed by atoms with Crippen molar-refractivity contribution in [3.8, 4) is 10.6 Å². The summed E-state index contributed by atoms with van der Waals surface area (Å²) in [7, 11) is -3.92. The molecule has 4 aromatic rings. The maximum absolute atomic E-state index is 13.3. The van der Waals surface area contributed by atoms with E-state index < -0.39 is 15.7 Å². The monoisotopic (exact) mass is 432 g/mol. The first-order valence-corrected chi connectivity index (χ1v) is 11.4. The lowest BCUT2D eigenvalue weighted by atomic mass is 10.1. The summed E-state index contributed by atoms with van der Waals surface area (Å²) >= 11 is 2.58. The number of hydrogen-bond acceptors (Lipinski definition) is 9. The van der Waals surface area contributed by atoms with E-state index in [2.05, 4.69) is 15.4 Å². The van der Waals surface area contributed by atoms with Gasteiger partial charge in [-0.25, -0.2) is 8.42 Å². The summed E-state index contributed by atoms with van der Waals surface area (Å²) < 4.78 is 32.4. The number of sulfone groups is 1. The Kier molecular flexibility index (Phi) is 4.65. The minimum absolute atomic E-state index is 0.0271. The molecular formula is C17H12N4O4S3. The van der Waals surface area contributed by atoms with E-state index >= 15 is 0 Å². The van der Waals surface area contributed by atoms with E-state index in [1.807, 2.05) is 6.26 Å². The molecule has 0 radical (unpaired) electrons. The van der Waals surface area contributed by atoms with Gasteiger partial charge in [0.25, 0.3) is 5.91 Å². The summed E-state index contributed by atoms with van der Waals surface area (Å²) in [5.74, 6) is -1.08. The van der Waals surface area contributed by atoms with Gasteiger partial charge in [-0.3, -0.25) is 4.79 Å². The Morgan fingerprint density at radius 1 is 1.14 bits per heavy atom. The Balaban J connectivity index is 2.11. The lowest BCUT2D eigenvalue weighted by Crippen LogP contribution is -2.11. The van der Waals surface area contributed by atoms with E-state index in [0.717, 1.165) is 0 Å². The number of amides is 1. The largest absolute Gasteiger partial charge is 0.363 e. The summed E-state index contributed by atoms with van der Waals surface area (Å²) in [6, 6.07) is 10.9. The molecule has 2 N–H and O–H groups in total. The van der Waals surface area contributed by atoms with Crippen LogP contribution in [0.25, 0.3) is 21.5 Å². The normalized spacial score (nSPS) is 11.8. The standard InChI is InChI=1S/C17H12N4O4S3/c1-26-17-20-19-16(27-17)13-11(28(23,24)9-5-3-2-4-6-9)8-7-10-12(13)14(15(18)22)25-21-10/h2-8H,1H3,(H2,18,22). The molecule has 0 saturated carbocycles. The molecule has 0 saturated heterocycles. The van der Waals surface area contributed by atoms with E-state index in [1.165, 1.54) is 47.4 Å². The zero-order valence-corrected chi connectivity index (χ0v) is 16.8. The average molecular weight is 433 g/mol. The molecule has 2 heterocycles. The molecule has 0 aliphatic carbocycles. The number of primary amides is 1. The SMILES string of the molecule is CSc1nnc(-c2c(S(=O)(=O)c3ccccc3)ccc3noc(C(N)=O)c23)s1. The molecule has 0 bridgehead atoms. The number of fused-ring (bicyclic) bond motifs is 1. The van der Waals surface area contributed by atoms with E-state index in [4.69, 9.17) is 10.3 Å². The first-order chi connectivity index (χ1) is 13.4. The van der Waals surface area contributed by atoms with Gasteiger partial charge in [-0.05, 0) is 30.5 Å². The topological polar surface area (TPSA) is 129 Å². The fourth-order valence-electron chi connectivity index (χ4n) is 2.74. The third kappa shape index (κ3) is 2.97. The third-order valence-electron chi connectivity index (χ3n) is 3.97. The minimum atomic E-state index is -3.92. The summed E-state index contributed by atoms with van der Waals surface area (Å²) in [4.78, 5) is 11.9. The molecule has 2 aromatic heterocycles. The van der Waals surface area contributed by atoms with E-state index in [0.29, 0.717) is 14.9 Å². The Morgan fingerprint density at radius 2 is 1.89 bits per heavy atom. The van der Waals surface area contributed by atoms with Crippen LogP contribution in [0.3, 0.4) is 0 Å². The van der Waals surface area contributed by atoms with E-state index in [9.17, 15) is 13.2 Å². The number of thioether (sulfide) groups is 1. The van der Waals surface area contributed by atoms with Crippen molar-refractivity contribution in [2.75, 3.05) is 6.26 Å².